The molecule has 2 N–H and O–H groups in total. The van der Waals surface area contributed by atoms with Crippen molar-refractivity contribution in [1.82, 2.24) is 5.32 Å². The topological polar surface area (TPSA) is 50.7 Å². The van der Waals surface area contributed by atoms with Crippen LogP contribution < -0.4 is 14.8 Å². The molecule has 0 fully saturated rings. The molecular formula is C23H27F2NO3. The molecule has 2 aliphatic heterocycles. The van der Waals surface area contributed by atoms with Gasteiger partial charge in [0.1, 0.15) is 41.4 Å². The Morgan fingerprint density at radius 1 is 0.931 bits per heavy atom. The van der Waals surface area contributed by atoms with Crippen molar-refractivity contribution in [1.29, 1.82) is 0 Å². The maximum atomic E-state index is 13.3. The summed E-state index contributed by atoms with van der Waals surface area (Å²) in [6.07, 6.45) is 2.13. The van der Waals surface area contributed by atoms with Gasteiger partial charge in [0, 0.05) is 19.0 Å². The molecular weight excluding hydrogens is 376 g/mol. The van der Waals surface area contributed by atoms with E-state index in [0.717, 1.165) is 29.7 Å². The second-order valence-electron chi connectivity index (χ2n) is 8.10. The minimum absolute atomic E-state index is 0.0605. The zero-order valence-corrected chi connectivity index (χ0v) is 16.5. The van der Waals surface area contributed by atoms with E-state index in [0.29, 0.717) is 31.7 Å². The summed E-state index contributed by atoms with van der Waals surface area (Å²) < 4.78 is 38.5. The molecule has 0 bridgehead atoms. The molecule has 4 rings (SSSR count). The van der Waals surface area contributed by atoms with Gasteiger partial charge in [0.25, 0.3) is 0 Å². The molecule has 0 aliphatic carbocycles. The summed E-state index contributed by atoms with van der Waals surface area (Å²) >= 11 is 0. The molecule has 0 saturated heterocycles. The Kier molecular flexibility index (Phi) is 6.01. The molecule has 1 unspecified atom stereocenters. The predicted octanol–water partition coefficient (Wildman–Crippen LogP) is 3.64. The first-order valence-corrected chi connectivity index (χ1v) is 10.3. The van der Waals surface area contributed by atoms with E-state index >= 15 is 0 Å². The van der Waals surface area contributed by atoms with Crippen molar-refractivity contribution in [2.24, 2.45) is 5.92 Å². The van der Waals surface area contributed by atoms with E-state index in [9.17, 15) is 13.9 Å². The van der Waals surface area contributed by atoms with Crippen molar-refractivity contribution < 1.29 is 23.4 Å². The highest BCUT2D eigenvalue weighted by Gasteiger charge is 2.28. The second kappa shape index (κ2) is 8.67. The standard InChI is InChI=1S/C23H27F2NO3/c1-14(20-6-2-15-10-17(24)4-8-21(15)28-20)12-26-13-19(27)23-7-3-16-11-18(25)5-9-22(16)29-23/h4-5,8-11,14,19-20,23,26-27H,2-3,6-7,12-13H2,1H3/t14?,19-,20-,23+/m1/s1. The van der Waals surface area contributed by atoms with Crippen LogP contribution in [-0.2, 0) is 12.8 Å². The molecule has 0 saturated carbocycles. The maximum Gasteiger partial charge on any atom is 0.126 e. The molecule has 4 nitrogen and oxygen atoms in total. The van der Waals surface area contributed by atoms with Crippen molar-refractivity contribution in [3.8, 4) is 11.5 Å². The van der Waals surface area contributed by atoms with Crippen LogP contribution in [0.25, 0.3) is 0 Å². The van der Waals surface area contributed by atoms with E-state index in [1.54, 1.807) is 18.2 Å². The van der Waals surface area contributed by atoms with Gasteiger partial charge in [0.05, 0.1) is 0 Å². The monoisotopic (exact) mass is 403 g/mol. The van der Waals surface area contributed by atoms with Crippen LogP contribution >= 0.6 is 0 Å². The zero-order chi connectivity index (χ0) is 20.4. The predicted molar refractivity (Wildman–Crippen MR) is 106 cm³/mol. The average Bonchev–Trinajstić information content (AvgIpc) is 2.72. The molecule has 0 spiro atoms. The quantitative estimate of drug-likeness (QED) is 0.773. The summed E-state index contributed by atoms with van der Waals surface area (Å²) in [5.41, 5.74) is 1.77. The van der Waals surface area contributed by atoms with E-state index in [-0.39, 0.29) is 29.8 Å². The van der Waals surface area contributed by atoms with Crippen LogP contribution in [0.2, 0.25) is 0 Å². The first kappa shape index (κ1) is 20.1. The molecule has 2 aromatic carbocycles. The Morgan fingerprint density at radius 3 is 2.10 bits per heavy atom. The lowest BCUT2D eigenvalue weighted by molar-refractivity contribution is 0.0228. The second-order valence-corrected chi connectivity index (χ2v) is 8.10. The highest BCUT2D eigenvalue weighted by atomic mass is 19.1. The van der Waals surface area contributed by atoms with Crippen LogP contribution in [0, 0.1) is 17.6 Å². The number of hydrogen-bond donors (Lipinski definition) is 2. The molecule has 156 valence electrons. The minimum Gasteiger partial charge on any atom is -0.490 e. The fourth-order valence-corrected chi connectivity index (χ4v) is 4.15. The van der Waals surface area contributed by atoms with Gasteiger partial charge in [-0.3, -0.25) is 0 Å². The van der Waals surface area contributed by atoms with Gasteiger partial charge < -0.3 is 19.9 Å². The van der Waals surface area contributed by atoms with Crippen LogP contribution in [0.15, 0.2) is 36.4 Å². The van der Waals surface area contributed by atoms with Crippen LogP contribution in [0.5, 0.6) is 11.5 Å². The molecule has 2 aliphatic rings. The molecule has 29 heavy (non-hydrogen) atoms. The zero-order valence-electron chi connectivity index (χ0n) is 16.5. The number of rotatable bonds is 6. The lowest BCUT2D eigenvalue weighted by Gasteiger charge is -2.32. The van der Waals surface area contributed by atoms with Gasteiger partial charge >= 0.3 is 0 Å². The number of halogens is 2. The molecule has 2 heterocycles. The van der Waals surface area contributed by atoms with Gasteiger partial charge in [-0.05, 0) is 73.2 Å². The molecule has 4 atom stereocenters. The summed E-state index contributed by atoms with van der Waals surface area (Å²) in [6, 6.07) is 9.17. The fraction of sp³-hybridized carbons (Fsp3) is 0.478. The van der Waals surface area contributed by atoms with Crippen molar-refractivity contribution in [2.75, 3.05) is 13.1 Å². The summed E-state index contributed by atoms with van der Waals surface area (Å²) in [6.45, 7) is 3.23. The van der Waals surface area contributed by atoms with E-state index in [4.69, 9.17) is 9.47 Å². The third-order valence-corrected chi connectivity index (χ3v) is 5.88. The highest BCUT2D eigenvalue weighted by molar-refractivity contribution is 5.36. The van der Waals surface area contributed by atoms with Crippen LogP contribution in [0.1, 0.15) is 30.9 Å². The average molecular weight is 403 g/mol. The van der Waals surface area contributed by atoms with Gasteiger partial charge in [0.15, 0.2) is 0 Å². The lowest BCUT2D eigenvalue weighted by atomic mass is 9.94. The molecule has 6 heteroatoms. The van der Waals surface area contributed by atoms with E-state index in [1.807, 2.05) is 0 Å². The molecule has 0 aromatic heterocycles. The Morgan fingerprint density at radius 2 is 1.48 bits per heavy atom. The van der Waals surface area contributed by atoms with Gasteiger partial charge in [0.2, 0.25) is 0 Å². The number of nitrogens with one attached hydrogen (secondary N) is 1. The Hall–Kier alpha value is -2.18. The normalized spacial score (nSPS) is 22.6. The minimum atomic E-state index is -0.642. The SMILES string of the molecule is CC(CNC[C@@H](O)[C@@H]1CCc2cc(F)ccc2O1)[C@H]1CCc2cc(F)ccc2O1. The number of hydrogen-bond acceptors (Lipinski definition) is 4. The van der Waals surface area contributed by atoms with Crippen LogP contribution in [0.3, 0.4) is 0 Å². The first-order chi connectivity index (χ1) is 14.0. The van der Waals surface area contributed by atoms with Gasteiger partial charge in [-0.15, -0.1) is 0 Å². The van der Waals surface area contributed by atoms with Crippen LogP contribution in [0.4, 0.5) is 8.78 Å². The Bertz CT molecular complexity index is 791. The number of benzene rings is 2. The van der Waals surface area contributed by atoms with Crippen molar-refractivity contribution in [2.45, 2.75) is 50.9 Å². The molecule has 2 aromatic rings. The maximum absolute atomic E-state index is 13.3. The van der Waals surface area contributed by atoms with Crippen LogP contribution in [-0.4, -0.2) is 36.5 Å². The number of aliphatic hydroxyl groups excluding tert-OH is 1. The van der Waals surface area contributed by atoms with E-state index in [1.165, 1.54) is 18.2 Å². The Labute approximate surface area is 169 Å². The van der Waals surface area contributed by atoms with E-state index < -0.39 is 6.10 Å². The Balaban J connectivity index is 1.24. The summed E-state index contributed by atoms with van der Waals surface area (Å²) in [7, 11) is 0. The molecule has 0 radical (unpaired) electrons. The summed E-state index contributed by atoms with van der Waals surface area (Å²) in [5.74, 6) is 1.17. The number of ether oxygens (including phenoxy) is 2. The number of aliphatic hydroxyl groups is 1. The summed E-state index contributed by atoms with van der Waals surface area (Å²) in [4.78, 5) is 0. The largest absolute Gasteiger partial charge is 0.490 e. The van der Waals surface area contributed by atoms with Crippen molar-refractivity contribution in [3.05, 3.63) is 59.2 Å². The van der Waals surface area contributed by atoms with E-state index in [2.05, 4.69) is 12.2 Å². The van der Waals surface area contributed by atoms with Gasteiger partial charge in [-0.1, -0.05) is 6.92 Å². The van der Waals surface area contributed by atoms with Crippen molar-refractivity contribution >= 4 is 0 Å². The number of fused-ring (bicyclic) bond motifs is 2. The summed E-state index contributed by atoms with van der Waals surface area (Å²) in [5, 5.41) is 13.8. The smallest absolute Gasteiger partial charge is 0.126 e. The third-order valence-electron chi connectivity index (χ3n) is 5.88. The van der Waals surface area contributed by atoms with Gasteiger partial charge in [-0.25, -0.2) is 8.78 Å². The van der Waals surface area contributed by atoms with Gasteiger partial charge in [-0.2, -0.15) is 0 Å². The number of aryl methyl sites for hydroxylation is 2. The first-order valence-electron chi connectivity index (χ1n) is 10.3. The van der Waals surface area contributed by atoms with Crippen molar-refractivity contribution in [3.63, 3.8) is 0 Å². The lowest BCUT2D eigenvalue weighted by Crippen LogP contribution is -2.44. The fourth-order valence-electron chi connectivity index (χ4n) is 4.15. The molecule has 0 amide bonds. The third kappa shape index (κ3) is 4.70. The highest BCUT2D eigenvalue weighted by Crippen LogP contribution is 2.31.